The second-order valence-electron chi connectivity index (χ2n) is 3.51. The minimum atomic E-state index is -4.73. The molecule has 0 unspecified atom stereocenters. The van der Waals surface area contributed by atoms with E-state index >= 15 is 0 Å². The van der Waals surface area contributed by atoms with Crippen molar-refractivity contribution < 1.29 is 31.5 Å². The largest absolute Gasteiger partial charge is 0.478 e. The van der Waals surface area contributed by atoms with Crippen LogP contribution in [0.1, 0.15) is 10.4 Å². The first kappa shape index (κ1) is 17.2. The molecule has 112 valence electrons. The molecule has 11 heteroatoms. The number of nitrogens with one attached hydrogen (secondary N) is 1. The molecule has 0 amide bonds. The number of carboxylic acid groups (broad SMARTS) is 1. The third kappa shape index (κ3) is 4.33. The molecule has 0 saturated heterocycles. The van der Waals surface area contributed by atoms with Gasteiger partial charge in [0.05, 0.1) is 15.5 Å². The summed E-state index contributed by atoms with van der Waals surface area (Å²) in [7, 11) is -4.51. The minimum Gasteiger partial charge on any atom is -0.478 e. The Bertz CT molecular complexity index is 647. The molecule has 0 heterocycles. The van der Waals surface area contributed by atoms with Crippen molar-refractivity contribution in [3.05, 3.63) is 27.2 Å². The molecule has 0 aromatic heterocycles. The molecule has 1 aromatic rings. The van der Waals surface area contributed by atoms with Crippen LogP contribution in [0.25, 0.3) is 0 Å². The van der Waals surface area contributed by atoms with Gasteiger partial charge in [-0.25, -0.2) is 17.9 Å². The fourth-order valence-electron chi connectivity index (χ4n) is 1.14. The Kier molecular flexibility index (Phi) is 5.06. The number of rotatable bonds is 4. The van der Waals surface area contributed by atoms with Crippen LogP contribution in [-0.2, 0) is 10.0 Å². The fraction of sp³-hybridized carbons (Fsp3) is 0.222. The maximum Gasteiger partial charge on any atom is 0.402 e. The molecule has 5 nitrogen and oxygen atoms in total. The third-order valence-corrected chi connectivity index (χ3v) is 4.65. The molecule has 0 atom stereocenters. The van der Waals surface area contributed by atoms with Crippen molar-refractivity contribution in [2.75, 3.05) is 6.54 Å². The van der Waals surface area contributed by atoms with Crippen molar-refractivity contribution in [2.45, 2.75) is 11.1 Å². The van der Waals surface area contributed by atoms with Gasteiger partial charge in [-0.3, -0.25) is 0 Å². The van der Waals surface area contributed by atoms with Crippen molar-refractivity contribution >= 4 is 43.5 Å². The summed E-state index contributed by atoms with van der Waals surface area (Å²) in [6.07, 6.45) is -4.73. The van der Waals surface area contributed by atoms with E-state index in [9.17, 15) is 26.4 Å². The number of alkyl halides is 3. The predicted molar refractivity (Wildman–Crippen MR) is 67.4 cm³/mol. The standard InChI is InChI=1S/C9H6BrClF3NO4S/c10-6-2-4(1-5(7(6)11)8(16)17)20(18,19)15-3-9(12,13)14/h1-2,15H,3H2,(H,16,17). The Labute approximate surface area is 124 Å². The summed E-state index contributed by atoms with van der Waals surface area (Å²) in [4.78, 5) is 10.2. The zero-order valence-electron chi connectivity index (χ0n) is 9.33. The number of hydrogen-bond donors (Lipinski definition) is 2. The van der Waals surface area contributed by atoms with Gasteiger partial charge >= 0.3 is 12.1 Å². The molecule has 0 aliphatic carbocycles. The molecule has 1 rings (SSSR count). The molecule has 0 radical (unpaired) electrons. The lowest BCUT2D eigenvalue weighted by molar-refractivity contribution is -0.121. The number of carboxylic acids is 1. The van der Waals surface area contributed by atoms with Crippen LogP contribution in [0.5, 0.6) is 0 Å². The summed E-state index contributed by atoms with van der Waals surface area (Å²) >= 11 is 8.48. The first-order valence-corrected chi connectivity index (χ1v) is 7.38. The van der Waals surface area contributed by atoms with Gasteiger partial charge in [-0.2, -0.15) is 13.2 Å². The van der Waals surface area contributed by atoms with E-state index in [0.717, 1.165) is 6.07 Å². The van der Waals surface area contributed by atoms with E-state index in [4.69, 9.17) is 16.7 Å². The Morgan fingerprint density at radius 2 is 1.95 bits per heavy atom. The number of sulfonamides is 1. The van der Waals surface area contributed by atoms with Gasteiger partial charge in [-0.05, 0) is 28.1 Å². The van der Waals surface area contributed by atoms with Crippen LogP contribution in [0.3, 0.4) is 0 Å². The highest BCUT2D eigenvalue weighted by Crippen LogP contribution is 2.30. The lowest BCUT2D eigenvalue weighted by atomic mass is 10.2. The van der Waals surface area contributed by atoms with Crippen molar-refractivity contribution in [3.63, 3.8) is 0 Å². The van der Waals surface area contributed by atoms with Crippen molar-refractivity contribution in [1.29, 1.82) is 0 Å². The van der Waals surface area contributed by atoms with E-state index in [0.29, 0.717) is 6.07 Å². The average molecular weight is 397 g/mol. The van der Waals surface area contributed by atoms with Crippen LogP contribution in [0.4, 0.5) is 13.2 Å². The predicted octanol–water partition coefficient (Wildman–Crippen LogP) is 2.64. The number of hydrogen-bond acceptors (Lipinski definition) is 3. The van der Waals surface area contributed by atoms with Crippen LogP contribution in [0.15, 0.2) is 21.5 Å². The maximum absolute atomic E-state index is 12.0. The monoisotopic (exact) mass is 395 g/mol. The van der Waals surface area contributed by atoms with Gasteiger partial charge < -0.3 is 5.11 Å². The van der Waals surface area contributed by atoms with Crippen LogP contribution in [0, 0.1) is 0 Å². The third-order valence-electron chi connectivity index (χ3n) is 2.01. The van der Waals surface area contributed by atoms with Gasteiger partial charge in [0.25, 0.3) is 0 Å². The first-order valence-electron chi connectivity index (χ1n) is 4.73. The number of carbonyl (C=O) groups is 1. The van der Waals surface area contributed by atoms with E-state index in [2.05, 4.69) is 15.9 Å². The summed E-state index contributed by atoms with van der Waals surface area (Å²) in [5, 5.41) is 8.58. The van der Waals surface area contributed by atoms with Crippen LogP contribution in [0.2, 0.25) is 5.02 Å². The van der Waals surface area contributed by atoms with E-state index in [1.165, 1.54) is 4.72 Å². The molecule has 1 aromatic carbocycles. The second kappa shape index (κ2) is 5.88. The second-order valence-corrected chi connectivity index (χ2v) is 6.51. The highest BCUT2D eigenvalue weighted by molar-refractivity contribution is 9.10. The molecule has 20 heavy (non-hydrogen) atoms. The highest BCUT2D eigenvalue weighted by atomic mass is 79.9. The molecule has 0 saturated carbocycles. The Hall–Kier alpha value is -0.840. The van der Waals surface area contributed by atoms with Crippen LogP contribution >= 0.6 is 27.5 Å². The van der Waals surface area contributed by atoms with Crippen molar-refractivity contribution in [2.24, 2.45) is 0 Å². The molecular weight excluding hydrogens is 391 g/mol. The van der Waals surface area contributed by atoms with Gasteiger partial charge in [-0.1, -0.05) is 11.6 Å². The fourth-order valence-corrected chi connectivity index (χ4v) is 3.00. The smallest absolute Gasteiger partial charge is 0.402 e. The van der Waals surface area contributed by atoms with E-state index in [-0.39, 0.29) is 9.50 Å². The highest BCUT2D eigenvalue weighted by Gasteiger charge is 2.30. The summed E-state index contributed by atoms with van der Waals surface area (Å²) < 4.78 is 60.6. The molecule has 0 fully saturated rings. The maximum atomic E-state index is 12.0. The van der Waals surface area contributed by atoms with Crippen LogP contribution in [-0.4, -0.2) is 32.2 Å². The Morgan fingerprint density at radius 3 is 2.40 bits per heavy atom. The molecule has 0 bridgehead atoms. The Morgan fingerprint density at radius 1 is 1.40 bits per heavy atom. The van der Waals surface area contributed by atoms with Crippen molar-refractivity contribution in [1.82, 2.24) is 4.72 Å². The van der Waals surface area contributed by atoms with Gasteiger partial charge in [0.1, 0.15) is 6.54 Å². The average Bonchev–Trinajstić information content (AvgIpc) is 2.28. The summed E-state index contributed by atoms with van der Waals surface area (Å²) in [6, 6.07) is 1.58. The number of aromatic carboxylic acids is 1. The first-order chi connectivity index (χ1) is 8.94. The van der Waals surface area contributed by atoms with E-state index < -0.39 is 39.2 Å². The van der Waals surface area contributed by atoms with Gasteiger partial charge in [0.2, 0.25) is 10.0 Å². The number of halogens is 5. The molecule has 2 N–H and O–H groups in total. The van der Waals surface area contributed by atoms with Crippen LogP contribution < -0.4 is 4.72 Å². The van der Waals surface area contributed by atoms with Gasteiger partial charge in [0, 0.05) is 4.47 Å². The quantitative estimate of drug-likeness (QED) is 0.819. The zero-order valence-corrected chi connectivity index (χ0v) is 12.5. The number of benzene rings is 1. The Balaban J connectivity index is 3.23. The summed E-state index contributed by atoms with van der Waals surface area (Å²) in [5.74, 6) is -1.51. The SMILES string of the molecule is O=C(O)c1cc(S(=O)(=O)NCC(F)(F)F)cc(Br)c1Cl. The zero-order chi connectivity index (χ0) is 15.7. The van der Waals surface area contributed by atoms with Gasteiger partial charge in [-0.15, -0.1) is 0 Å². The lowest BCUT2D eigenvalue weighted by Gasteiger charge is -2.11. The minimum absolute atomic E-state index is 0.0635. The molecular formula is C9H6BrClF3NO4S. The molecule has 0 aliphatic rings. The topological polar surface area (TPSA) is 83.5 Å². The normalized spacial score (nSPS) is 12.4. The van der Waals surface area contributed by atoms with E-state index in [1.54, 1.807) is 0 Å². The molecule has 0 spiro atoms. The van der Waals surface area contributed by atoms with Gasteiger partial charge in [0.15, 0.2) is 0 Å². The summed E-state index contributed by atoms with van der Waals surface area (Å²) in [6.45, 7) is -1.77. The lowest BCUT2D eigenvalue weighted by Crippen LogP contribution is -2.33. The summed E-state index contributed by atoms with van der Waals surface area (Å²) in [5.41, 5.74) is -0.548. The van der Waals surface area contributed by atoms with E-state index in [1.807, 2.05) is 0 Å². The molecule has 0 aliphatic heterocycles. The van der Waals surface area contributed by atoms with Crippen molar-refractivity contribution in [3.8, 4) is 0 Å².